The standard InChI is InChI=1S/C24H28N6O4/c1-2-30-9-8-19(27-30)22(31)25-20-15-17(24(32)29-10-12-33-13-11-29)14-18(20)23-26-21(28-34-23)16-6-4-3-5-7-16/h3-9,17-18,20H,2,10-15H2,1H3,(H,25,31)/t17-,18-,20+/m1/s1. The van der Waals surface area contributed by atoms with Gasteiger partial charge >= 0.3 is 0 Å². The highest BCUT2D eigenvalue weighted by Gasteiger charge is 2.44. The summed E-state index contributed by atoms with van der Waals surface area (Å²) in [7, 11) is 0. The summed E-state index contributed by atoms with van der Waals surface area (Å²) in [5.41, 5.74) is 1.20. The van der Waals surface area contributed by atoms with Crippen molar-refractivity contribution in [3.8, 4) is 11.4 Å². The highest BCUT2D eigenvalue weighted by atomic mass is 16.5. The van der Waals surface area contributed by atoms with E-state index < -0.39 is 0 Å². The van der Waals surface area contributed by atoms with E-state index in [0.29, 0.717) is 63.1 Å². The summed E-state index contributed by atoms with van der Waals surface area (Å²) in [6.45, 7) is 4.91. The third-order valence-corrected chi connectivity index (χ3v) is 6.54. The molecule has 1 saturated carbocycles. The maximum Gasteiger partial charge on any atom is 0.272 e. The molecule has 2 aromatic heterocycles. The van der Waals surface area contributed by atoms with Gasteiger partial charge in [0.25, 0.3) is 5.91 Å². The summed E-state index contributed by atoms with van der Waals surface area (Å²) in [6.07, 6.45) is 2.81. The van der Waals surface area contributed by atoms with E-state index in [0.717, 1.165) is 5.56 Å². The third-order valence-electron chi connectivity index (χ3n) is 6.54. The number of rotatable bonds is 6. The summed E-state index contributed by atoms with van der Waals surface area (Å²) in [5.74, 6) is 0.226. The summed E-state index contributed by atoms with van der Waals surface area (Å²) in [6, 6.07) is 11.0. The number of nitrogens with one attached hydrogen (secondary N) is 1. The van der Waals surface area contributed by atoms with Crippen LogP contribution in [0.4, 0.5) is 0 Å². The Kier molecular flexibility index (Phi) is 6.39. The number of amides is 2. The van der Waals surface area contributed by atoms with E-state index in [9.17, 15) is 9.59 Å². The Bertz CT molecular complexity index is 1140. The zero-order valence-corrected chi connectivity index (χ0v) is 19.1. The van der Waals surface area contributed by atoms with Crippen LogP contribution in [0.25, 0.3) is 11.4 Å². The maximum absolute atomic E-state index is 13.2. The fourth-order valence-corrected chi connectivity index (χ4v) is 4.71. The summed E-state index contributed by atoms with van der Waals surface area (Å²) in [5, 5.41) is 11.5. The lowest BCUT2D eigenvalue weighted by molar-refractivity contribution is -0.139. The molecular formula is C24H28N6O4. The second-order valence-corrected chi connectivity index (χ2v) is 8.67. The van der Waals surface area contributed by atoms with Gasteiger partial charge in [-0.15, -0.1) is 0 Å². The van der Waals surface area contributed by atoms with Gasteiger partial charge in [-0.1, -0.05) is 35.5 Å². The molecule has 3 atom stereocenters. The first-order valence-corrected chi connectivity index (χ1v) is 11.7. The van der Waals surface area contributed by atoms with Gasteiger partial charge in [-0.3, -0.25) is 14.3 Å². The van der Waals surface area contributed by atoms with E-state index in [1.54, 1.807) is 16.9 Å². The van der Waals surface area contributed by atoms with Crippen molar-refractivity contribution in [1.29, 1.82) is 0 Å². The molecule has 0 unspecified atom stereocenters. The minimum absolute atomic E-state index is 0.0862. The van der Waals surface area contributed by atoms with Crippen molar-refractivity contribution in [2.45, 2.75) is 38.3 Å². The second-order valence-electron chi connectivity index (χ2n) is 8.67. The Hall–Kier alpha value is -3.53. The van der Waals surface area contributed by atoms with Crippen LogP contribution in [0.2, 0.25) is 0 Å². The zero-order chi connectivity index (χ0) is 23.5. The largest absolute Gasteiger partial charge is 0.378 e. The van der Waals surface area contributed by atoms with Crippen LogP contribution in [-0.2, 0) is 16.1 Å². The van der Waals surface area contributed by atoms with E-state index >= 15 is 0 Å². The Balaban J connectivity index is 1.37. The van der Waals surface area contributed by atoms with Crippen LogP contribution in [0.1, 0.15) is 42.1 Å². The van der Waals surface area contributed by atoms with Gasteiger partial charge in [-0.05, 0) is 25.8 Å². The molecule has 1 aliphatic carbocycles. The Morgan fingerprint density at radius 2 is 1.91 bits per heavy atom. The highest BCUT2D eigenvalue weighted by Crippen LogP contribution is 2.39. The third kappa shape index (κ3) is 4.58. The van der Waals surface area contributed by atoms with E-state index in [1.807, 2.05) is 42.2 Å². The average molecular weight is 465 g/mol. The lowest BCUT2D eigenvalue weighted by Gasteiger charge is -2.29. The maximum atomic E-state index is 13.2. The molecule has 1 aromatic carbocycles. The summed E-state index contributed by atoms with van der Waals surface area (Å²) in [4.78, 5) is 32.6. The first-order valence-electron chi connectivity index (χ1n) is 11.7. The monoisotopic (exact) mass is 464 g/mol. The normalized spacial score (nSPS) is 22.6. The van der Waals surface area contributed by atoms with Crippen molar-refractivity contribution >= 4 is 11.8 Å². The number of hydrogen-bond donors (Lipinski definition) is 1. The molecule has 1 N–H and O–H groups in total. The highest BCUT2D eigenvalue weighted by molar-refractivity contribution is 5.92. The number of morpholine rings is 1. The van der Waals surface area contributed by atoms with Crippen LogP contribution in [0.5, 0.6) is 0 Å². The molecule has 5 rings (SSSR count). The van der Waals surface area contributed by atoms with Crippen LogP contribution in [0.3, 0.4) is 0 Å². The molecule has 34 heavy (non-hydrogen) atoms. The Labute approximate surface area is 197 Å². The molecule has 10 nitrogen and oxygen atoms in total. The molecule has 1 aliphatic heterocycles. The molecule has 0 spiro atoms. The molecule has 10 heteroatoms. The molecule has 2 fully saturated rings. The van der Waals surface area contributed by atoms with E-state index in [1.165, 1.54) is 0 Å². The molecule has 0 bridgehead atoms. The zero-order valence-electron chi connectivity index (χ0n) is 19.1. The topological polar surface area (TPSA) is 115 Å². The van der Waals surface area contributed by atoms with Crippen molar-refractivity contribution in [3.05, 3.63) is 54.2 Å². The summed E-state index contributed by atoms with van der Waals surface area (Å²) < 4.78 is 12.7. The molecule has 178 valence electrons. The number of aryl methyl sites for hydroxylation is 1. The van der Waals surface area contributed by atoms with Gasteiger partial charge in [0, 0.05) is 43.4 Å². The SMILES string of the molecule is CCn1ccc(C(=O)N[C@H]2C[C@H](C(=O)N3CCOCC3)C[C@H]2c2nc(-c3ccccc3)no2)n1. The van der Waals surface area contributed by atoms with Gasteiger partial charge in [0.1, 0.15) is 5.69 Å². The van der Waals surface area contributed by atoms with Crippen LogP contribution < -0.4 is 5.32 Å². The van der Waals surface area contributed by atoms with Crippen molar-refractivity contribution < 1.29 is 18.8 Å². The number of hydrogen-bond acceptors (Lipinski definition) is 7. The molecule has 3 aromatic rings. The van der Waals surface area contributed by atoms with Gasteiger partial charge in [-0.2, -0.15) is 10.1 Å². The van der Waals surface area contributed by atoms with Crippen LogP contribution in [-0.4, -0.2) is 69.0 Å². The molecular weight excluding hydrogens is 436 g/mol. The Morgan fingerprint density at radius 1 is 1.12 bits per heavy atom. The second kappa shape index (κ2) is 9.76. The Morgan fingerprint density at radius 3 is 2.65 bits per heavy atom. The lowest BCUT2D eigenvalue weighted by Crippen LogP contribution is -2.43. The fraction of sp³-hybridized carbons (Fsp3) is 0.458. The van der Waals surface area contributed by atoms with Crippen LogP contribution >= 0.6 is 0 Å². The predicted molar refractivity (Wildman–Crippen MR) is 122 cm³/mol. The van der Waals surface area contributed by atoms with Crippen molar-refractivity contribution in [2.24, 2.45) is 5.92 Å². The van der Waals surface area contributed by atoms with Gasteiger partial charge in [0.2, 0.25) is 17.6 Å². The molecule has 2 amide bonds. The molecule has 2 aliphatic rings. The van der Waals surface area contributed by atoms with Gasteiger partial charge in [0.05, 0.1) is 19.1 Å². The van der Waals surface area contributed by atoms with Crippen LogP contribution in [0.15, 0.2) is 47.1 Å². The minimum Gasteiger partial charge on any atom is -0.378 e. The molecule has 1 saturated heterocycles. The smallest absolute Gasteiger partial charge is 0.272 e. The van der Waals surface area contributed by atoms with Gasteiger partial charge < -0.3 is 19.5 Å². The van der Waals surface area contributed by atoms with Crippen molar-refractivity contribution in [2.75, 3.05) is 26.3 Å². The van der Waals surface area contributed by atoms with E-state index in [-0.39, 0.29) is 29.7 Å². The lowest BCUT2D eigenvalue weighted by atomic mass is 10.0. The predicted octanol–water partition coefficient (Wildman–Crippen LogP) is 2.10. The quantitative estimate of drug-likeness (QED) is 0.594. The van der Waals surface area contributed by atoms with Crippen molar-refractivity contribution in [3.63, 3.8) is 0 Å². The van der Waals surface area contributed by atoms with E-state index in [2.05, 4.69) is 20.6 Å². The van der Waals surface area contributed by atoms with Crippen LogP contribution in [0, 0.1) is 5.92 Å². The van der Waals surface area contributed by atoms with E-state index in [4.69, 9.17) is 9.26 Å². The molecule has 3 heterocycles. The number of ether oxygens (including phenoxy) is 1. The fourth-order valence-electron chi connectivity index (χ4n) is 4.71. The average Bonchev–Trinajstić information content (AvgIpc) is 3.64. The number of carbonyl (C=O) groups is 2. The van der Waals surface area contributed by atoms with Crippen molar-refractivity contribution in [1.82, 2.24) is 30.1 Å². The number of benzene rings is 1. The number of carbonyl (C=O) groups excluding carboxylic acids is 2. The van der Waals surface area contributed by atoms with Gasteiger partial charge in [0.15, 0.2) is 0 Å². The first kappa shape index (κ1) is 22.3. The number of nitrogens with zero attached hydrogens (tertiary/aromatic N) is 5. The minimum atomic E-state index is -0.321. The van der Waals surface area contributed by atoms with Gasteiger partial charge in [-0.25, -0.2) is 0 Å². The number of aromatic nitrogens is 4. The molecule has 0 radical (unpaired) electrons. The summed E-state index contributed by atoms with van der Waals surface area (Å²) >= 11 is 0. The first-order chi connectivity index (χ1) is 16.6.